The molecule has 9 heteroatoms. The van der Waals surface area contributed by atoms with Crippen LogP contribution in [0.3, 0.4) is 0 Å². The number of aromatic nitrogens is 3. The lowest BCUT2D eigenvalue weighted by molar-refractivity contribution is 0.392. The van der Waals surface area contributed by atoms with Crippen molar-refractivity contribution >= 4 is 37.6 Å². The third-order valence-electron chi connectivity index (χ3n) is 7.57. The number of nitrogens with one attached hydrogen (secondary N) is 1. The molecule has 7 rings (SSSR count). The summed E-state index contributed by atoms with van der Waals surface area (Å²) in [6.45, 7) is 1.83. The maximum Gasteiger partial charge on any atom is 0.245 e. The van der Waals surface area contributed by atoms with Gasteiger partial charge in [-0.3, -0.25) is 4.98 Å². The van der Waals surface area contributed by atoms with Gasteiger partial charge in [0, 0.05) is 41.2 Å². The van der Waals surface area contributed by atoms with Gasteiger partial charge in [-0.15, -0.1) is 0 Å². The van der Waals surface area contributed by atoms with E-state index in [1.807, 2.05) is 37.3 Å². The minimum absolute atomic E-state index is 0.0553. The Morgan fingerprint density at radius 1 is 0.950 bits per heavy atom. The number of sulfonamides is 1. The highest BCUT2D eigenvalue weighted by Gasteiger charge is 2.39. The van der Waals surface area contributed by atoms with Crippen LogP contribution in [0.5, 0.6) is 0 Å². The molecule has 0 unspecified atom stereocenters. The van der Waals surface area contributed by atoms with Crippen molar-refractivity contribution in [1.82, 2.24) is 19.3 Å². The Bertz CT molecular complexity index is 1880. The normalized spacial score (nSPS) is 15.7. The van der Waals surface area contributed by atoms with Gasteiger partial charge in [-0.05, 0) is 80.1 Å². The summed E-state index contributed by atoms with van der Waals surface area (Å²) < 4.78 is 44.6. The molecule has 202 valence electrons. The van der Waals surface area contributed by atoms with Gasteiger partial charge < -0.3 is 5.32 Å². The molecule has 0 amide bonds. The van der Waals surface area contributed by atoms with E-state index in [1.165, 1.54) is 10.4 Å². The summed E-state index contributed by atoms with van der Waals surface area (Å²) in [6, 6.07) is 19.9. The topological polar surface area (TPSA) is 88.1 Å². The fourth-order valence-electron chi connectivity index (χ4n) is 5.18. The lowest BCUT2D eigenvalue weighted by atomic mass is 10.0. The van der Waals surface area contributed by atoms with E-state index in [1.54, 1.807) is 36.5 Å². The van der Waals surface area contributed by atoms with Crippen LogP contribution in [0.4, 0.5) is 10.2 Å². The summed E-state index contributed by atoms with van der Waals surface area (Å²) in [6.07, 6.45) is 5.34. The minimum Gasteiger partial charge on any atom is -0.367 e. The summed E-state index contributed by atoms with van der Waals surface area (Å²) in [5.41, 5.74) is 3.29. The van der Waals surface area contributed by atoms with Crippen molar-refractivity contribution in [2.45, 2.75) is 56.1 Å². The number of pyridine rings is 1. The molecule has 3 aromatic carbocycles. The summed E-state index contributed by atoms with van der Waals surface area (Å²) >= 11 is 0. The summed E-state index contributed by atoms with van der Waals surface area (Å²) in [5.74, 6) is 1.08. The van der Waals surface area contributed by atoms with Gasteiger partial charge in [0.2, 0.25) is 10.0 Å². The second-order valence-electron chi connectivity index (χ2n) is 10.7. The van der Waals surface area contributed by atoms with Gasteiger partial charge in [-0.1, -0.05) is 30.3 Å². The number of hydrogen-bond acceptors (Lipinski definition) is 6. The van der Waals surface area contributed by atoms with Crippen LogP contribution in [-0.2, 0) is 16.6 Å². The second-order valence-corrected chi connectivity index (χ2v) is 12.5. The van der Waals surface area contributed by atoms with Crippen LogP contribution in [0.1, 0.15) is 37.1 Å². The molecule has 0 spiro atoms. The van der Waals surface area contributed by atoms with E-state index in [0.29, 0.717) is 22.9 Å². The molecule has 0 bridgehead atoms. The van der Waals surface area contributed by atoms with Crippen LogP contribution in [0.2, 0.25) is 0 Å². The molecular weight excluding hydrogens is 525 g/mol. The van der Waals surface area contributed by atoms with E-state index in [2.05, 4.69) is 20.3 Å². The average Bonchev–Trinajstić information content (AvgIpc) is 3.88. The molecule has 0 radical (unpaired) electrons. The van der Waals surface area contributed by atoms with Crippen molar-refractivity contribution in [3.8, 4) is 11.1 Å². The van der Waals surface area contributed by atoms with Gasteiger partial charge in [0.25, 0.3) is 0 Å². The Hall–Kier alpha value is -3.95. The van der Waals surface area contributed by atoms with E-state index in [-0.39, 0.29) is 17.5 Å². The molecule has 2 aromatic heterocycles. The number of hydrogen-bond donors (Lipinski definition) is 1. The molecule has 2 heterocycles. The number of halogens is 1. The number of nitrogens with zero attached hydrogens (tertiary/aromatic N) is 4. The Kier molecular flexibility index (Phi) is 6.01. The molecule has 2 fully saturated rings. The van der Waals surface area contributed by atoms with Crippen molar-refractivity contribution < 1.29 is 12.8 Å². The smallest absolute Gasteiger partial charge is 0.245 e. The summed E-state index contributed by atoms with van der Waals surface area (Å²) in [4.78, 5) is 13.7. The Labute approximate surface area is 232 Å². The lowest BCUT2D eigenvalue weighted by Crippen LogP contribution is -2.33. The van der Waals surface area contributed by atoms with Gasteiger partial charge >= 0.3 is 0 Å². The predicted molar refractivity (Wildman–Crippen MR) is 154 cm³/mol. The third-order valence-corrected chi connectivity index (χ3v) is 9.50. The van der Waals surface area contributed by atoms with Crippen molar-refractivity contribution in [2.75, 3.05) is 5.32 Å². The molecule has 5 aromatic rings. The average molecular weight is 554 g/mol. The molecule has 0 aliphatic heterocycles. The first-order valence-corrected chi connectivity index (χ1v) is 15.0. The quantitative estimate of drug-likeness (QED) is 0.245. The van der Waals surface area contributed by atoms with Crippen molar-refractivity contribution in [3.63, 3.8) is 0 Å². The molecule has 40 heavy (non-hydrogen) atoms. The fraction of sp³-hybridized carbons (Fsp3) is 0.258. The molecule has 2 saturated carbocycles. The van der Waals surface area contributed by atoms with Gasteiger partial charge in [0.1, 0.15) is 22.4 Å². The zero-order valence-electron chi connectivity index (χ0n) is 22.0. The number of fused-ring (bicyclic) bond motifs is 2. The van der Waals surface area contributed by atoms with E-state index < -0.39 is 15.8 Å². The number of anilines is 1. The molecule has 7 nitrogen and oxygen atoms in total. The molecule has 0 atom stereocenters. The van der Waals surface area contributed by atoms with Crippen molar-refractivity contribution in [2.24, 2.45) is 0 Å². The zero-order chi connectivity index (χ0) is 27.4. The Morgan fingerprint density at radius 3 is 2.52 bits per heavy atom. The van der Waals surface area contributed by atoms with Gasteiger partial charge in [0.15, 0.2) is 0 Å². The SMILES string of the molecule is Cc1nc(NC2CC2)c2cc(-c3ccc(F)c(CN(C4CC4)S(=O)(=O)c4cccc5cccnc45)c3)ccc2n1. The van der Waals surface area contributed by atoms with E-state index in [0.717, 1.165) is 58.9 Å². The Morgan fingerprint density at radius 2 is 1.73 bits per heavy atom. The fourth-order valence-corrected chi connectivity index (χ4v) is 7.01. The van der Waals surface area contributed by atoms with Crippen LogP contribution >= 0.6 is 0 Å². The Balaban J connectivity index is 1.26. The van der Waals surface area contributed by atoms with Crippen LogP contribution in [0.15, 0.2) is 77.8 Å². The van der Waals surface area contributed by atoms with E-state index in [4.69, 9.17) is 0 Å². The predicted octanol–water partition coefficient (Wildman–Crippen LogP) is 6.22. The van der Waals surface area contributed by atoms with Crippen LogP contribution in [-0.4, -0.2) is 39.8 Å². The highest BCUT2D eigenvalue weighted by atomic mass is 32.2. The zero-order valence-corrected chi connectivity index (χ0v) is 22.8. The first kappa shape index (κ1) is 25.0. The minimum atomic E-state index is -3.92. The first-order valence-electron chi connectivity index (χ1n) is 13.6. The number of benzene rings is 3. The molecule has 0 saturated heterocycles. The standard InChI is InChI=1S/C31H28FN5O2S/c1-19-34-28-14-8-22(17-26(28)31(35-19)36-24-9-10-24)21-7-13-27(32)23(16-21)18-37(25-11-12-25)40(38,39)29-6-2-4-20-5-3-15-33-30(20)29/h2-8,13-17,24-25H,9-12,18H2,1H3,(H,34,35,36). The molecule has 2 aliphatic carbocycles. The van der Waals surface area contributed by atoms with Crippen LogP contribution in [0.25, 0.3) is 32.9 Å². The maximum atomic E-state index is 15.2. The molecular formula is C31H28FN5O2S. The van der Waals surface area contributed by atoms with Gasteiger partial charge in [-0.25, -0.2) is 22.8 Å². The van der Waals surface area contributed by atoms with E-state index >= 15 is 4.39 Å². The third kappa shape index (κ3) is 4.69. The van der Waals surface area contributed by atoms with Gasteiger partial charge in [-0.2, -0.15) is 4.31 Å². The largest absolute Gasteiger partial charge is 0.367 e. The van der Waals surface area contributed by atoms with E-state index in [9.17, 15) is 8.42 Å². The van der Waals surface area contributed by atoms with Gasteiger partial charge in [0.05, 0.1) is 11.0 Å². The first-order chi connectivity index (χ1) is 19.4. The number of para-hydroxylation sites is 1. The lowest BCUT2D eigenvalue weighted by Gasteiger charge is -2.23. The summed E-state index contributed by atoms with van der Waals surface area (Å²) in [5, 5.41) is 5.16. The molecule has 2 aliphatic rings. The maximum absolute atomic E-state index is 15.2. The monoisotopic (exact) mass is 553 g/mol. The second kappa shape index (κ2) is 9.60. The highest BCUT2D eigenvalue weighted by molar-refractivity contribution is 7.89. The van der Waals surface area contributed by atoms with Crippen LogP contribution in [0, 0.1) is 12.7 Å². The number of rotatable bonds is 8. The summed E-state index contributed by atoms with van der Waals surface area (Å²) in [7, 11) is -3.92. The van der Waals surface area contributed by atoms with Crippen molar-refractivity contribution in [1.29, 1.82) is 0 Å². The molecule has 1 N–H and O–H groups in total. The van der Waals surface area contributed by atoms with Crippen molar-refractivity contribution in [3.05, 3.63) is 90.1 Å². The highest BCUT2D eigenvalue weighted by Crippen LogP contribution is 2.37. The number of aryl methyl sites for hydroxylation is 1. The van der Waals surface area contributed by atoms with Crippen LogP contribution < -0.4 is 5.32 Å².